The Morgan fingerprint density at radius 1 is 1.21 bits per heavy atom. The third-order valence-electron chi connectivity index (χ3n) is 5.62. The molecule has 0 fully saturated rings. The lowest BCUT2D eigenvalue weighted by molar-refractivity contribution is -0.895. The first-order chi connectivity index (χ1) is 14.0. The molecule has 4 heterocycles. The first-order valence-electron chi connectivity index (χ1n) is 9.73. The van der Waals surface area contributed by atoms with Crippen molar-refractivity contribution in [2.24, 2.45) is 0 Å². The summed E-state index contributed by atoms with van der Waals surface area (Å²) in [5, 5.41) is 3.04. The number of pyridine rings is 1. The molecule has 146 valence electrons. The van der Waals surface area contributed by atoms with E-state index in [0.29, 0.717) is 16.1 Å². The lowest BCUT2D eigenvalue weighted by Crippen LogP contribution is -3.08. The molecule has 0 spiro atoms. The number of benzene rings is 1. The number of quaternary nitrogens is 1. The number of hydrogen-bond acceptors (Lipinski definition) is 5. The number of nitrogens with two attached hydrogens (primary N) is 1. The summed E-state index contributed by atoms with van der Waals surface area (Å²) in [6.07, 6.45) is 0.953. The quantitative estimate of drug-likeness (QED) is 0.497. The van der Waals surface area contributed by atoms with Crippen LogP contribution in [0, 0.1) is 6.92 Å². The smallest absolute Gasteiger partial charge is 0.205 e. The first-order valence-corrected chi connectivity index (χ1v) is 11.4. The van der Waals surface area contributed by atoms with Gasteiger partial charge in [0.25, 0.3) is 0 Å². The Kier molecular flexibility index (Phi) is 4.50. The Bertz CT molecular complexity index is 1220. The average Bonchev–Trinajstić information content (AvgIpc) is 3.35. The Morgan fingerprint density at radius 3 is 2.72 bits per heavy atom. The largest absolute Gasteiger partial charge is 0.397 e. The molecule has 1 atom stereocenters. The summed E-state index contributed by atoms with van der Waals surface area (Å²) in [7, 11) is 2.22. The van der Waals surface area contributed by atoms with Gasteiger partial charge in [-0.15, -0.1) is 22.7 Å². The highest BCUT2D eigenvalue weighted by Gasteiger charge is 2.28. The van der Waals surface area contributed by atoms with Crippen molar-refractivity contribution >= 4 is 44.4 Å². The highest BCUT2D eigenvalue weighted by molar-refractivity contribution is 7.21. The number of aromatic nitrogens is 1. The zero-order valence-corrected chi connectivity index (χ0v) is 18.0. The maximum absolute atomic E-state index is 13.2. The molecule has 0 amide bonds. The number of carbonyl (C=O) groups excluding carboxylic acids is 1. The van der Waals surface area contributed by atoms with Gasteiger partial charge in [0.1, 0.15) is 16.3 Å². The third kappa shape index (κ3) is 3.08. The second kappa shape index (κ2) is 7.06. The van der Waals surface area contributed by atoms with E-state index in [1.54, 1.807) is 11.3 Å². The molecule has 29 heavy (non-hydrogen) atoms. The van der Waals surface area contributed by atoms with Crippen molar-refractivity contribution in [3.05, 3.63) is 69.0 Å². The molecular formula is C23H22N3OS2+. The Labute approximate surface area is 177 Å². The zero-order chi connectivity index (χ0) is 20.1. The van der Waals surface area contributed by atoms with E-state index >= 15 is 0 Å². The predicted octanol–water partition coefficient (Wildman–Crippen LogP) is 3.72. The minimum absolute atomic E-state index is 0.0247. The highest BCUT2D eigenvalue weighted by atomic mass is 32.1. The third-order valence-corrected chi connectivity index (χ3v) is 7.60. The molecule has 0 radical (unpaired) electrons. The maximum Gasteiger partial charge on any atom is 0.205 e. The summed E-state index contributed by atoms with van der Waals surface area (Å²) in [4.78, 5) is 22.3. The molecule has 0 saturated carbocycles. The van der Waals surface area contributed by atoms with E-state index in [-0.39, 0.29) is 5.78 Å². The number of ketones is 1. The fourth-order valence-corrected chi connectivity index (χ4v) is 5.94. The standard InChI is InChI=1S/C23H21N3OS2/c1-13-5-7-14(8-6-13)21(27)22-20(24)19-18(17-4-3-11-28-17)15-12-26(2)10-9-16(15)25-23(19)29-22/h3-8,11H,9-10,12,24H2,1-2H3/p+1. The van der Waals surface area contributed by atoms with Crippen LogP contribution in [0.4, 0.5) is 5.69 Å². The van der Waals surface area contributed by atoms with Gasteiger partial charge in [-0.2, -0.15) is 0 Å². The highest BCUT2D eigenvalue weighted by Crippen LogP contribution is 2.44. The molecule has 1 unspecified atom stereocenters. The number of aryl methyl sites for hydroxylation is 1. The average molecular weight is 421 g/mol. The molecule has 3 aromatic heterocycles. The lowest BCUT2D eigenvalue weighted by atomic mass is 9.95. The van der Waals surface area contributed by atoms with Gasteiger partial charge in [0.05, 0.1) is 25.0 Å². The second-order valence-electron chi connectivity index (χ2n) is 7.74. The predicted molar refractivity (Wildman–Crippen MR) is 121 cm³/mol. The number of hydrogen-bond donors (Lipinski definition) is 2. The number of nitrogens with one attached hydrogen (secondary N) is 1. The van der Waals surface area contributed by atoms with Crippen LogP contribution in [0.25, 0.3) is 20.7 Å². The van der Waals surface area contributed by atoms with E-state index in [4.69, 9.17) is 10.7 Å². The molecule has 1 aromatic carbocycles. The van der Waals surface area contributed by atoms with Gasteiger partial charge in [-0.25, -0.2) is 4.98 Å². The molecule has 5 rings (SSSR count). The number of nitrogens with zero attached hydrogens (tertiary/aromatic N) is 1. The summed E-state index contributed by atoms with van der Waals surface area (Å²) >= 11 is 3.14. The van der Waals surface area contributed by atoms with E-state index in [1.165, 1.54) is 32.2 Å². The minimum Gasteiger partial charge on any atom is -0.397 e. The van der Waals surface area contributed by atoms with Crippen LogP contribution in [-0.2, 0) is 13.0 Å². The lowest BCUT2D eigenvalue weighted by Gasteiger charge is -2.24. The summed E-state index contributed by atoms with van der Waals surface area (Å²) in [6, 6.07) is 11.9. The number of fused-ring (bicyclic) bond motifs is 2. The summed E-state index contributed by atoms with van der Waals surface area (Å²) in [5.74, 6) is -0.0247. The maximum atomic E-state index is 13.2. The van der Waals surface area contributed by atoms with Crippen LogP contribution in [0.15, 0.2) is 41.8 Å². The van der Waals surface area contributed by atoms with Crippen molar-refractivity contribution < 1.29 is 9.69 Å². The number of thiophene rings is 2. The van der Waals surface area contributed by atoms with E-state index in [9.17, 15) is 4.79 Å². The van der Waals surface area contributed by atoms with Crippen molar-refractivity contribution in [2.45, 2.75) is 19.9 Å². The Balaban J connectivity index is 1.76. The topological polar surface area (TPSA) is 60.4 Å². The van der Waals surface area contributed by atoms with Crippen LogP contribution < -0.4 is 10.6 Å². The molecule has 1 aliphatic heterocycles. The SMILES string of the molecule is Cc1ccc(C(=O)c2sc3nc4c(c(-c5cccs5)c3c2N)C[NH+](C)CC4)cc1. The fourth-order valence-electron chi connectivity index (χ4n) is 4.05. The second-order valence-corrected chi connectivity index (χ2v) is 9.69. The van der Waals surface area contributed by atoms with Crippen molar-refractivity contribution in [2.75, 3.05) is 19.3 Å². The van der Waals surface area contributed by atoms with Gasteiger partial charge >= 0.3 is 0 Å². The number of anilines is 1. The molecule has 6 heteroatoms. The monoisotopic (exact) mass is 420 g/mol. The summed E-state index contributed by atoms with van der Waals surface area (Å²) in [6.45, 7) is 4.02. The normalized spacial score (nSPS) is 16.1. The van der Waals surface area contributed by atoms with E-state index in [2.05, 4.69) is 24.6 Å². The van der Waals surface area contributed by atoms with Gasteiger partial charge in [-0.05, 0) is 18.4 Å². The Morgan fingerprint density at radius 2 is 2.00 bits per heavy atom. The molecule has 4 nitrogen and oxygen atoms in total. The van der Waals surface area contributed by atoms with Crippen LogP contribution >= 0.6 is 22.7 Å². The van der Waals surface area contributed by atoms with Gasteiger partial charge in [-0.3, -0.25) is 4.79 Å². The number of carbonyl (C=O) groups is 1. The molecule has 0 bridgehead atoms. The van der Waals surface area contributed by atoms with Crippen LogP contribution in [0.3, 0.4) is 0 Å². The van der Waals surface area contributed by atoms with Crippen molar-refractivity contribution in [3.63, 3.8) is 0 Å². The number of nitrogen functional groups attached to an aromatic ring is 1. The van der Waals surface area contributed by atoms with Gasteiger partial charge in [-0.1, -0.05) is 35.9 Å². The zero-order valence-electron chi connectivity index (χ0n) is 16.4. The van der Waals surface area contributed by atoms with Crippen LogP contribution in [0.1, 0.15) is 32.1 Å². The van der Waals surface area contributed by atoms with E-state index in [0.717, 1.165) is 41.0 Å². The van der Waals surface area contributed by atoms with Crippen LogP contribution in [-0.4, -0.2) is 24.4 Å². The fraction of sp³-hybridized carbons (Fsp3) is 0.217. The van der Waals surface area contributed by atoms with Crippen LogP contribution in [0.2, 0.25) is 0 Å². The Hall–Kier alpha value is -2.54. The summed E-state index contributed by atoms with van der Waals surface area (Å²) < 4.78 is 0. The minimum atomic E-state index is -0.0247. The van der Waals surface area contributed by atoms with Gasteiger partial charge in [0.2, 0.25) is 5.78 Å². The van der Waals surface area contributed by atoms with E-state index in [1.807, 2.05) is 31.2 Å². The van der Waals surface area contributed by atoms with Gasteiger partial charge in [0.15, 0.2) is 0 Å². The van der Waals surface area contributed by atoms with Gasteiger partial charge < -0.3 is 10.6 Å². The molecule has 4 aromatic rings. The van der Waals surface area contributed by atoms with Crippen LogP contribution in [0.5, 0.6) is 0 Å². The molecular weight excluding hydrogens is 398 g/mol. The van der Waals surface area contributed by atoms with E-state index < -0.39 is 0 Å². The number of rotatable bonds is 3. The van der Waals surface area contributed by atoms with Crippen molar-refractivity contribution in [3.8, 4) is 10.4 Å². The first kappa shape index (κ1) is 18.5. The van der Waals surface area contributed by atoms with Crippen molar-refractivity contribution in [1.82, 2.24) is 4.98 Å². The molecule has 0 saturated heterocycles. The summed E-state index contributed by atoms with van der Waals surface area (Å²) in [5.41, 5.74) is 12.6. The molecule has 1 aliphatic rings. The van der Waals surface area contributed by atoms with Gasteiger partial charge in [0, 0.05) is 33.4 Å². The number of likely N-dealkylation sites (N-methyl/N-ethyl adjacent to an activating group) is 1. The van der Waals surface area contributed by atoms with Crippen molar-refractivity contribution in [1.29, 1.82) is 0 Å². The molecule has 0 aliphatic carbocycles. The molecule has 3 N–H and O–H groups in total.